The van der Waals surface area contributed by atoms with Crippen LogP contribution in [0.4, 0.5) is 13.2 Å². The van der Waals surface area contributed by atoms with Crippen molar-refractivity contribution < 1.29 is 41.7 Å². The molecule has 0 amide bonds. The number of aliphatic carboxylic acids is 1. The highest BCUT2D eigenvalue weighted by atomic mass is 19.4. The van der Waals surface area contributed by atoms with E-state index in [4.69, 9.17) is 18.9 Å². The standard InChI is InChI=1S/C30H34F3NO6/c1-20-25(34-26(38-20)28(2)16-5-4-6-17-28)15-18-37-22-9-7-21(8-10-22)19-29(3,27(35)36)39-23-11-13-24(14-12-23)40-30(31,32)33/h7-14H,4-6,15-19H2,1-3H3,(H,35,36). The van der Waals surface area contributed by atoms with Crippen LogP contribution in [0, 0.1) is 6.92 Å². The van der Waals surface area contributed by atoms with Crippen LogP contribution in [0.15, 0.2) is 52.9 Å². The van der Waals surface area contributed by atoms with Crippen LogP contribution >= 0.6 is 0 Å². The summed E-state index contributed by atoms with van der Waals surface area (Å²) in [5.41, 5.74) is -0.0824. The lowest BCUT2D eigenvalue weighted by atomic mass is 9.76. The predicted molar refractivity (Wildman–Crippen MR) is 141 cm³/mol. The monoisotopic (exact) mass is 561 g/mol. The van der Waals surface area contributed by atoms with Crippen molar-refractivity contribution in [1.82, 2.24) is 4.98 Å². The number of rotatable bonds is 11. The van der Waals surface area contributed by atoms with Crippen molar-refractivity contribution in [2.45, 2.75) is 83.1 Å². The van der Waals surface area contributed by atoms with Crippen LogP contribution in [0.1, 0.15) is 68.9 Å². The van der Waals surface area contributed by atoms with Gasteiger partial charge in [-0.1, -0.05) is 38.3 Å². The number of alkyl halides is 3. The maximum Gasteiger partial charge on any atom is 0.573 e. The van der Waals surface area contributed by atoms with Crippen LogP contribution in [-0.2, 0) is 23.1 Å². The lowest BCUT2D eigenvalue weighted by Gasteiger charge is -2.30. The van der Waals surface area contributed by atoms with Crippen LogP contribution in [0.3, 0.4) is 0 Å². The molecule has 4 rings (SSSR count). The van der Waals surface area contributed by atoms with Gasteiger partial charge < -0.3 is 23.7 Å². The smallest absolute Gasteiger partial charge is 0.493 e. The summed E-state index contributed by atoms with van der Waals surface area (Å²) in [5.74, 6) is 0.721. The molecule has 0 saturated heterocycles. The molecule has 0 radical (unpaired) electrons. The molecule has 1 aliphatic rings. The molecule has 1 fully saturated rings. The number of nitrogens with zero attached hydrogens (tertiary/aromatic N) is 1. The Bertz CT molecular complexity index is 1280. The van der Waals surface area contributed by atoms with Crippen molar-refractivity contribution in [1.29, 1.82) is 0 Å². The molecule has 1 atom stereocenters. The third kappa shape index (κ3) is 7.49. The Morgan fingerprint density at radius 3 is 2.12 bits per heavy atom. The SMILES string of the molecule is Cc1oc(C2(C)CCCCC2)nc1CCOc1ccc(CC(C)(Oc2ccc(OC(F)(F)F)cc2)C(=O)O)cc1. The maximum atomic E-state index is 12.4. The molecule has 1 saturated carbocycles. The fourth-order valence-corrected chi connectivity index (χ4v) is 4.95. The normalized spacial score (nSPS) is 16.6. The number of hydrogen-bond acceptors (Lipinski definition) is 6. The molecule has 40 heavy (non-hydrogen) atoms. The van der Waals surface area contributed by atoms with Gasteiger partial charge in [-0.3, -0.25) is 0 Å². The highest BCUT2D eigenvalue weighted by Gasteiger charge is 2.37. The van der Waals surface area contributed by atoms with Crippen LogP contribution in [0.5, 0.6) is 17.2 Å². The summed E-state index contributed by atoms with van der Waals surface area (Å²) in [6.45, 7) is 5.97. The van der Waals surface area contributed by atoms with Crippen molar-refractivity contribution >= 4 is 5.97 Å². The van der Waals surface area contributed by atoms with Gasteiger partial charge in [0.2, 0.25) is 11.5 Å². The zero-order chi connectivity index (χ0) is 29.0. The zero-order valence-corrected chi connectivity index (χ0v) is 22.8. The summed E-state index contributed by atoms with van der Waals surface area (Å²) >= 11 is 0. The number of benzene rings is 2. The van der Waals surface area contributed by atoms with Gasteiger partial charge in [-0.2, -0.15) is 0 Å². The Hall–Kier alpha value is -3.69. The predicted octanol–water partition coefficient (Wildman–Crippen LogP) is 7.19. The fourth-order valence-electron chi connectivity index (χ4n) is 4.95. The van der Waals surface area contributed by atoms with E-state index in [2.05, 4.69) is 11.7 Å². The van der Waals surface area contributed by atoms with E-state index in [0.717, 1.165) is 42.3 Å². The topological polar surface area (TPSA) is 91.0 Å². The van der Waals surface area contributed by atoms with Gasteiger partial charge >= 0.3 is 12.3 Å². The molecule has 1 aliphatic carbocycles. The summed E-state index contributed by atoms with van der Waals surface area (Å²) in [4.78, 5) is 16.8. The highest BCUT2D eigenvalue weighted by Crippen LogP contribution is 2.39. The maximum absolute atomic E-state index is 12.4. The Labute approximate surface area is 231 Å². The molecule has 0 aliphatic heterocycles. The van der Waals surface area contributed by atoms with E-state index >= 15 is 0 Å². The molecule has 1 unspecified atom stereocenters. The van der Waals surface area contributed by atoms with Crippen LogP contribution < -0.4 is 14.2 Å². The quantitative estimate of drug-likeness (QED) is 0.265. The summed E-state index contributed by atoms with van der Waals surface area (Å²) < 4.78 is 58.6. The summed E-state index contributed by atoms with van der Waals surface area (Å²) in [6, 6.07) is 11.6. The van der Waals surface area contributed by atoms with Crippen molar-refractivity contribution in [3.05, 3.63) is 71.4 Å². The van der Waals surface area contributed by atoms with E-state index in [1.165, 1.54) is 38.3 Å². The molecule has 1 heterocycles. The number of aromatic nitrogens is 1. The van der Waals surface area contributed by atoms with Gasteiger partial charge in [0, 0.05) is 18.3 Å². The van der Waals surface area contributed by atoms with E-state index in [1.54, 1.807) is 24.3 Å². The van der Waals surface area contributed by atoms with Gasteiger partial charge in [-0.05, 0) is 68.7 Å². The third-order valence-electron chi connectivity index (χ3n) is 7.29. The Morgan fingerprint density at radius 2 is 1.55 bits per heavy atom. The minimum atomic E-state index is -4.82. The highest BCUT2D eigenvalue weighted by molar-refractivity contribution is 5.78. The summed E-state index contributed by atoms with van der Waals surface area (Å²) in [7, 11) is 0. The van der Waals surface area contributed by atoms with E-state index in [9.17, 15) is 23.1 Å². The molecule has 10 heteroatoms. The molecule has 0 spiro atoms. The number of carbonyl (C=O) groups is 1. The first kappa shape index (κ1) is 29.3. The molecule has 1 N–H and O–H groups in total. The van der Waals surface area contributed by atoms with Crippen molar-refractivity contribution in [2.24, 2.45) is 0 Å². The van der Waals surface area contributed by atoms with Gasteiger partial charge in [0.25, 0.3) is 0 Å². The van der Waals surface area contributed by atoms with Crippen LogP contribution in [0.25, 0.3) is 0 Å². The van der Waals surface area contributed by atoms with Gasteiger partial charge in [-0.15, -0.1) is 13.2 Å². The third-order valence-corrected chi connectivity index (χ3v) is 7.29. The fraction of sp³-hybridized carbons (Fsp3) is 0.467. The Morgan fingerprint density at radius 1 is 0.975 bits per heavy atom. The first-order chi connectivity index (χ1) is 18.9. The second-order valence-corrected chi connectivity index (χ2v) is 10.7. The number of aryl methyl sites for hydroxylation is 1. The largest absolute Gasteiger partial charge is 0.573 e. The molecular formula is C30H34F3NO6. The number of carboxylic acids is 1. The lowest BCUT2D eigenvalue weighted by molar-refractivity contribution is -0.274. The lowest BCUT2D eigenvalue weighted by Crippen LogP contribution is -2.43. The second kappa shape index (κ2) is 11.8. The van der Waals surface area contributed by atoms with Gasteiger partial charge in [0.1, 0.15) is 23.0 Å². The molecule has 2 aromatic carbocycles. The summed E-state index contributed by atoms with van der Waals surface area (Å²) in [6.07, 6.45) is 1.62. The number of halogens is 3. The first-order valence-electron chi connectivity index (χ1n) is 13.3. The van der Waals surface area contributed by atoms with E-state index < -0.39 is 23.7 Å². The van der Waals surface area contributed by atoms with Crippen molar-refractivity contribution in [3.63, 3.8) is 0 Å². The average molecular weight is 562 g/mol. The van der Waals surface area contributed by atoms with Gasteiger partial charge in [0.15, 0.2) is 0 Å². The Kier molecular flexibility index (Phi) is 8.65. The number of oxazole rings is 1. The van der Waals surface area contributed by atoms with Gasteiger partial charge in [-0.25, -0.2) is 9.78 Å². The van der Waals surface area contributed by atoms with Gasteiger partial charge in [0.05, 0.1) is 12.3 Å². The minimum Gasteiger partial charge on any atom is -0.493 e. The van der Waals surface area contributed by atoms with Crippen molar-refractivity contribution in [2.75, 3.05) is 6.61 Å². The van der Waals surface area contributed by atoms with Crippen LogP contribution in [-0.4, -0.2) is 34.6 Å². The molecule has 7 nitrogen and oxygen atoms in total. The molecule has 216 valence electrons. The van der Waals surface area contributed by atoms with Crippen molar-refractivity contribution in [3.8, 4) is 17.2 Å². The average Bonchev–Trinajstić information content (AvgIpc) is 3.27. The van der Waals surface area contributed by atoms with Crippen LogP contribution in [0.2, 0.25) is 0 Å². The number of hydrogen-bond donors (Lipinski definition) is 1. The van der Waals surface area contributed by atoms with E-state index in [-0.39, 0.29) is 17.6 Å². The molecule has 1 aromatic heterocycles. The number of ether oxygens (including phenoxy) is 3. The van der Waals surface area contributed by atoms with E-state index in [0.29, 0.717) is 24.3 Å². The number of carboxylic acid groups (broad SMARTS) is 1. The zero-order valence-electron chi connectivity index (χ0n) is 22.8. The molecular weight excluding hydrogens is 527 g/mol. The summed E-state index contributed by atoms with van der Waals surface area (Å²) in [5, 5.41) is 9.83. The second-order valence-electron chi connectivity index (χ2n) is 10.7. The molecule has 3 aromatic rings. The Balaban J connectivity index is 1.32. The van der Waals surface area contributed by atoms with E-state index in [1.807, 2.05) is 6.92 Å². The minimum absolute atomic E-state index is 0.00288. The molecule has 0 bridgehead atoms. The first-order valence-corrected chi connectivity index (χ1v) is 13.3.